The maximum Gasteiger partial charge on any atom is 0.213 e. The van der Waals surface area contributed by atoms with E-state index in [4.69, 9.17) is 4.74 Å². The van der Waals surface area contributed by atoms with Gasteiger partial charge in [-0.05, 0) is 19.4 Å². The number of rotatable bonds is 4. The highest BCUT2D eigenvalue weighted by Gasteiger charge is 1.93. The highest BCUT2D eigenvalue weighted by Crippen LogP contribution is 2.07. The lowest BCUT2D eigenvalue weighted by Crippen LogP contribution is -1.98. The summed E-state index contributed by atoms with van der Waals surface area (Å²) < 4.78 is 5.40. The van der Waals surface area contributed by atoms with Gasteiger partial charge in [0.05, 0.1) is 6.61 Å². The minimum Gasteiger partial charge on any atom is -0.477 e. The molecule has 0 aliphatic heterocycles. The smallest absolute Gasteiger partial charge is 0.213 e. The Morgan fingerprint density at radius 2 is 2.31 bits per heavy atom. The number of aromatic nitrogens is 1. The molecule has 0 bridgehead atoms. The Kier molecular flexibility index (Phi) is 3.50. The highest BCUT2D eigenvalue weighted by molar-refractivity contribution is 5.16. The van der Waals surface area contributed by atoms with E-state index in [-0.39, 0.29) is 0 Å². The predicted molar refractivity (Wildman–Crippen MR) is 53.9 cm³/mol. The Morgan fingerprint density at radius 1 is 1.54 bits per heavy atom. The van der Waals surface area contributed by atoms with E-state index in [2.05, 4.69) is 11.6 Å². The van der Waals surface area contributed by atoms with Gasteiger partial charge in [-0.25, -0.2) is 4.98 Å². The van der Waals surface area contributed by atoms with Crippen LogP contribution in [0.3, 0.4) is 0 Å². The molecule has 0 atom stereocenters. The summed E-state index contributed by atoms with van der Waals surface area (Å²) in [6, 6.07) is 3.87. The Balaban J connectivity index is 2.37. The van der Waals surface area contributed by atoms with Gasteiger partial charge in [0.1, 0.15) is 0 Å². The molecule has 13 heavy (non-hydrogen) atoms. The second-order valence-corrected chi connectivity index (χ2v) is 3.23. The molecule has 0 unspecified atom stereocenters. The topological polar surface area (TPSA) is 22.1 Å². The standard InChI is InChI=1S/C11H15NO/c1-9(2)6-7-13-11-5-4-10(3)8-12-11/h4-5,8H,1,6-7H2,2-3H3. The van der Waals surface area contributed by atoms with Crippen LogP contribution in [0.2, 0.25) is 0 Å². The molecule has 2 nitrogen and oxygen atoms in total. The lowest BCUT2D eigenvalue weighted by Gasteiger charge is -2.04. The van der Waals surface area contributed by atoms with E-state index in [9.17, 15) is 0 Å². The SMILES string of the molecule is C=C(C)CCOc1ccc(C)cn1. The van der Waals surface area contributed by atoms with Crippen molar-refractivity contribution in [2.75, 3.05) is 6.61 Å². The van der Waals surface area contributed by atoms with Gasteiger partial charge in [-0.15, -0.1) is 6.58 Å². The number of hydrogen-bond acceptors (Lipinski definition) is 2. The first-order chi connectivity index (χ1) is 6.18. The quantitative estimate of drug-likeness (QED) is 0.660. The van der Waals surface area contributed by atoms with Crippen molar-refractivity contribution in [3.63, 3.8) is 0 Å². The van der Waals surface area contributed by atoms with Gasteiger partial charge in [-0.3, -0.25) is 0 Å². The fourth-order valence-electron chi connectivity index (χ4n) is 0.869. The lowest BCUT2D eigenvalue weighted by atomic mass is 10.3. The number of nitrogens with zero attached hydrogens (tertiary/aromatic N) is 1. The predicted octanol–water partition coefficient (Wildman–Crippen LogP) is 2.74. The Hall–Kier alpha value is -1.31. The van der Waals surface area contributed by atoms with Crippen LogP contribution in [0.5, 0.6) is 5.88 Å². The zero-order chi connectivity index (χ0) is 9.68. The van der Waals surface area contributed by atoms with Crippen LogP contribution in [0, 0.1) is 6.92 Å². The molecule has 0 N–H and O–H groups in total. The van der Waals surface area contributed by atoms with Crippen LogP contribution in [0.4, 0.5) is 0 Å². The largest absolute Gasteiger partial charge is 0.477 e. The summed E-state index contributed by atoms with van der Waals surface area (Å²) in [5.74, 6) is 0.687. The molecule has 0 saturated heterocycles. The van der Waals surface area contributed by atoms with Crippen molar-refractivity contribution in [2.45, 2.75) is 20.3 Å². The van der Waals surface area contributed by atoms with E-state index < -0.39 is 0 Å². The minimum atomic E-state index is 0.658. The van der Waals surface area contributed by atoms with E-state index in [0.29, 0.717) is 12.5 Å². The molecule has 0 aliphatic carbocycles. The van der Waals surface area contributed by atoms with Gasteiger partial charge in [0.2, 0.25) is 5.88 Å². The molecule has 1 aromatic heterocycles. The first kappa shape index (κ1) is 9.78. The minimum absolute atomic E-state index is 0.658. The Labute approximate surface area is 79.3 Å². The van der Waals surface area contributed by atoms with E-state index in [1.165, 1.54) is 0 Å². The average Bonchev–Trinajstić information content (AvgIpc) is 2.08. The van der Waals surface area contributed by atoms with Crippen molar-refractivity contribution < 1.29 is 4.74 Å². The molecule has 0 aromatic carbocycles. The van der Waals surface area contributed by atoms with Gasteiger partial charge in [-0.2, -0.15) is 0 Å². The van der Waals surface area contributed by atoms with E-state index >= 15 is 0 Å². The third-order valence-electron chi connectivity index (χ3n) is 1.66. The normalized spacial score (nSPS) is 9.69. The third-order valence-corrected chi connectivity index (χ3v) is 1.66. The third kappa shape index (κ3) is 3.74. The summed E-state index contributed by atoms with van der Waals surface area (Å²) in [5.41, 5.74) is 2.28. The molecule has 1 heterocycles. The second kappa shape index (κ2) is 4.65. The maximum absolute atomic E-state index is 5.40. The Bertz CT molecular complexity index is 277. The van der Waals surface area contributed by atoms with Crippen LogP contribution in [-0.2, 0) is 0 Å². The molecular formula is C11H15NO. The van der Waals surface area contributed by atoms with Crippen LogP contribution in [0.15, 0.2) is 30.5 Å². The number of aryl methyl sites for hydroxylation is 1. The molecule has 0 fully saturated rings. The maximum atomic E-state index is 5.40. The summed E-state index contributed by atoms with van der Waals surface area (Å²) in [6.45, 7) is 8.45. The summed E-state index contributed by atoms with van der Waals surface area (Å²) in [7, 11) is 0. The second-order valence-electron chi connectivity index (χ2n) is 3.23. The molecule has 0 aliphatic rings. The van der Waals surface area contributed by atoms with E-state index in [0.717, 1.165) is 17.6 Å². The van der Waals surface area contributed by atoms with E-state index in [1.807, 2.05) is 26.0 Å². The van der Waals surface area contributed by atoms with Crippen LogP contribution < -0.4 is 4.74 Å². The molecule has 0 spiro atoms. The van der Waals surface area contributed by atoms with Crippen LogP contribution in [-0.4, -0.2) is 11.6 Å². The molecular weight excluding hydrogens is 162 g/mol. The van der Waals surface area contributed by atoms with Crippen molar-refractivity contribution in [1.82, 2.24) is 4.98 Å². The van der Waals surface area contributed by atoms with Crippen LogP contribution in [0.1, 0.15) is 18.9 Å². The van der Waals surface area contributed by atoms with Crippen molar-refractivity contribution in [3.8, 4) is 5.88 Å². The summed E-state index contributed by atoms with van der Waals surface area (Å²) >= 11 is 0. The van der Waals surface area contributed by atoms with Gasteiger partial charge < -0.3 is 4.74 Å². The monoisotopic (exact) mass is 177 g/mol. The molecule has 0 saturated carbocycles. The molecule has 70 valence electrons. The van der Waals surface area contributed by atoms with Crippen LogP contribution >= 0.6 is 0 Å². The Morgan fingerprint density at radius 3 is 2.85 bits per heavy atom. The van der Waals surface area contributed by atoms with E-state index in [1.54, 1.807) is 6.20 Å². The zero-order valence-corrected chi connectivity index (χ0v) is 8.21. The lowest BCUT2D eigenvalue weighted by molar-refractivity contribution is 0.309. The first-order valence-electron chi connectivity index (χ1n) is 4.38. The molecule has 0 radical (unpaired) electrons. The molecule has 2 heteroatoms. The molecule has 1 rings (SSSR count). The fraction of sp³-hybridized carbons (Fsp3) is 0.364. The fourth-order valence-corrected chi connectivity index (χ4v) is 0.869. The average molecular weight is 177 g/mol. The number of hydrogen-bond donors (Lipinski definition) is 0. The van der Waals surface area contributed by atoms with Crippen molar-refractivity contribution in [2.24, 2.45) is 0 Å². The number of pyridine rings is 1. The summed E-state index contributed by atoms with van der Waals surface area (Å²) in [4.78, 5) is 4.12. The van der Waals surface area contributed by atoms with Crippen molar-refractivity contribution in [1.29, 1.82) is 0 Å². The first-order valence-corrected chi connectivity index (χ1v) is 4.38. The highest BCUT2D eigenvalue weighted by atomic mass is 16.5. The molecule has 1 aromatic rings. The van der Waals surface area contributed by atoms with Gasteiger partial charge in [-0.1, -0.05) is 11.6 Å². The van der Waals surface area contributed by atoms with Gasteiger partial charge >= 0.3 is 0 Å². The summed E-state index contributed by atoms with van der Waals surface area (Å²) in [6.07, 6.45) is 2.69. The van der Waals surface area contributed by atoms with Gasteiger partial charge in [0.25, 0.3) is 0 Å². The number of ether oxygens (including phenoxy) is 1. The van der Waals surface area contributed by atoms with Gasteiger partial charge in [0.15, 0.2) is 0 Å². The van der Waals surface area contributed by atoms with Crippen molar-refractivity contribution >= 4 is 0 Å². The van der Waals surface area contributed by atoms with Crippen LogP contribution in [0.25, 0.3) is 0 Å². The molecule has 0 amide bonds. The zero-order valence-electron chi connectivity index (χ0n) is 8.21. The van der Waals surface area contributed by atoms with Gasteiger partial charge in [0, 0.05) is 18.7 Å². The summed E-state index contributed by atoms with van der Waals surface area (Å²) in [5, 5.41) is 0. The van der Waals surface area contributed by atoms with Crippen molar-refractivity contribution in [3.05, 3.63) is 36.0 Å².